The topological polar surface area (TPSA) is 43.1 Å². The van der Waals surface area contributed by atoms with Gasteiger partial charge in [0.2, 0.25) is 0 Å². The molecule has 2 atom stereocenters. The molecular formula is C15H23NO. The molecule has 0 aromatic heterocycles. The average Bonchev–Trinajstić information content (AvgIpc) is 2.36. The quantitative estimate of drug-likeness (QED) is 0.792. The minimum atomic E-state index is -0.384. The predicted octanol–water partition coefficient (Wildman–Crippen LogP) is 3.37. The van der Waals surface area contributed by atoms with Gasteiger partial charge in [0.15, 0.2) is 5.78 Å². The molecule has 94 valence electrons. The van der Waals surface area contributed by atoms with Crippen LogP contribution in [-0.4, -0.2) is 11.8 Å². The lowest BCUT2D eigenvalue weighted by atomic mass is 9.91. The molecule has 1 aromatic rings. The van der Waals surface area contributed by atoms with Crippen LogP contribution in [0.5, 0.6) is 0 Å². The fraction of sp³-hybridized carbons (Fsp3) is 0.533. The first-order valence-electron chi connectivity index (χ1n) is 6.37. The third-order valence-corrected chi connectivity index (χ3v) is 3.42. The molecule has 0 bridgehead atoms. The van der Waals surface area contributed by atoms with Crippen molar-refractivity contribution in [1.29, 1.82) is 0 Å². The van der Waals surface area contributed by atoms with Crippen molar-refractivity contribution in [3.05, 3.63) is 35.4 Å². The molecule has 2 nitrogen and oxygen atoms in total. The van der Waals surface area contributed by atoms with E-state index in [0.29, 0.717) is 5.92 Å². The van der Waals surface area contributed by atoms with Gasteiger partial charge >= 0.3 is 0 Å². The maximum Gasteiger partial charge on any atom is 0.179 e. The molecule has 0 aliphatic rings. The fourth-order valence-electron chi connectivity index (χ4n) is 1.74. The summed E-state index contributed by atoms with van der Waals surface area (Å²) >= 11 is 0. The van der Waals surface area contributed by atoms with Crippen molar-refractivity contribution >= 4 is 5.78 Å². The molecule has 2 heteroatoms. The molecule has 17 heavy (non-hydrogen) atoms. The Balaban J connectivity index is 2.83. The second kappa shape index (κ2) is 5.97. The van der Waals surface area contributed by atoms with Crippen molar-refractivity contribution in [3.8, 4) is 0 Å². The van der Waals surface area contributed by atoms with E-state index in [9.17, 15) is 4.79 Å². The minimum absolute atomic E-state index is 0.0506. The Morgan fingerprint density at radius 3 is 2.12 bits per heavy atom. The molecule has 0 radical (unpaired) electrons. The number of nitrogens with two attached hydrogens (primary N) is 1. The van der Waals surface area contributed by atoms with Gasteiger partial charge in [0.25, 0.3) is 0 Å². The van der Waals surface area contributed by atoms with Crippen LogP contribution in [0.15, 0.2) is 24.3 Å². The summed E-state index contributed by atoms with van der Waals surface area (Å²) in [6, 6.07) is 7.42. The van der Waals surface area contributed by atoms with Gasteiger partial charge in [-0.1, -0.05) is 58.4 Å². The van der Waals surface area contributed by atoms with Crippen LogP contribution in [-0.2, 0) is 0 Å². The summed E-state index contributed by atoms with van der Waals surface area (Å²) in [6.07, 6.45) is 0.928. The van der Waals surface area contributed by atoms with Crippen LogP contribution >= 0.6 is 0 Å². The zero-order valence-electron chi connectivity index (χ0n) is 11.2. The zero-order valence-corrected chi connectivity index (χ0v) is 11.2. The Morgan fingerprint density at radius 1 is 1.18 bits per heavy atom. The lowest BCUT2D eigenvalue weighted by Gasteiger charge is -2.17. The first kappa shape index (κ1) is 13.9. The highest BCUT2D eigenvalue weighted by Crippen LogP contribution is 2.17. The Bertz CT molecular complexity index is 367. The van der Waals surface area contributed by atoms with Gasteiger partial charge in [-0.05, 0) is 17.4 Å². The summed E-state index contributed by atoms with van der Waals surface area (Å²) in [5.41, 5.74) is 7.92. The van der Waals surface area contributed by atoms with Crippen molar-refractivity contribution in [2.24, 2.45) is 11.7 Å². The number of ketones is 1. The van der Waals surface area contributed by atoms with Crippen LogP contribution in [0.4, 0.5) is 0 Å². The molecule has 0 saturated carbocycles. The Morgan fingerprint density at radius 2 is 1.71 bits per heavy atom. The lowest BCUT2D eigenvalue weighted by molar-refractivity contribution is 0.0935. The van der Waals surface area contributed by atoms with Gasteiger partial charge < -0.3 is 5.73 Å². The van der Waals surface area contributed by atoms with E-state index in [1.54, 1.807) is 0 Å². The molecule has 0 aliphatic heterocycles. The van der Waals surface area contributed by atoms with Gasteiger partial charge in [-0.25, -0.2) is 0 Å². The van der Waals surface area contributed by atoms with Gasteiger partial charge in [0.05, 0.1) is 6.04 Å². The first-order chi connectivity index (χ1) is 7.97. The van der Waals surface area contributed by atoms with Crippen LogP contribution in [0.3, 0.4) is 0 Å². The summed E-state index contributed by atoms with van der Waals surface area (Å²) in [7, 11) is 0. The highest BCUT2D eigenvalue weighted by Gasteiger charge is 2.20. The summed E-state index contributed by atoms with van der Waals surface area (Å²) in [5, 5.41) is 0. The van der Waals surface area contributed by atoms with Crippen LogP contribution < -0.4 is 5.73 Å². The van der Waals surface area contributed by atoms with Crippen LogP contribution in [0.25, 0.3) is 0 Å². The summed E-state index contributed by atoms with van der Waals surface area (Å²) in [6.45, 7) is 8.36. The maximum absolute atomic E-state index is 12.1. The van der Waals surface area contributed by atoms with Gasteiger partial charge in [0, 0.05) is 5.56 Å². The lowest BCUT2D eigenvalue weighted by Crippen LogP contribution is -2.36. The highest BCUT2D eigenvalue weighted by atomic mass is 16.1. The van der Waals surface area contributed by atoms with Crippen molar-refractivity contribution in [2.75, 3.05) is 0 Å². The standard InChI is InChI=1S/C15H23NO/c1-5-11(4)14(16)15(17)13-8-6-12(7-9-13)10(2)3/h6-11,14H,5,16H2,1-4H3. The second-order valence-corrected chi connectivity index (χ2v) is 5.05. The summed E-state index contributed by atoms with van der Waals surface area (Å²) in [4.78, 5) is 12.1. The zero-order chi connectivity index (χ0) is 13.0. The van der Waals surface area contributed by atoms with Crippen LogP contribution in [0.1, 0.15) is 56.0 Å². The molecular weight excluding hydrogens is 210 g/mol. The maximum atomic E-state index is 12.1. The molecule has 0 aliphatic carbocycles. The molecule has 1 rings (SSSR count). The van der Waals surface area contributed by atoms with E-state index in [4.69, 9.17) is 5.73 Å². The molecule has 0 heterocycles. The minimum Gasteiger partial charge on any atom is -0.321 e. The molecule has 0 amide bonds. The van der Waals surface area contributed by atoms with E-state index < -0.39 is 0 Å². The second-order valence-electron chi connectivity index (χ2n) is 5.05. The molecule has 0 saturated heterocycles. The Kier molecular flexibility index (Phi) is 4.88. The molecule has 1 aromatic carbocycles. The number of hydrogen-bond acceptors (Lipinski definition) is 2. The van der Waals surface area contributed by atoms with E-state index in [-0.39, 0.29) is 17.7 Å². The third-order valence-electron chi connectivity index (χ3n) is 3.42. The normalized spacial score (nSPS) is 14.7. The van der Waals surface area contributed by atoms with Crippen LogP contribution in [0, 0.1) is 5.92 Å². The number of rotatable bonds is 5. The number of Topliss-reactive ketones (excluding diaryl/α,β-unsaturated/α-hetero) is 1. The van der Waals surface area contributed by atoms with Crippen molar-refractivity contribution < 1.29 is 4.79 Å². The number of carbonyl (C=O) groups is 1. The van der Waals surface area contributed by atoms with E-state index in [2.05, 4.69) is 20.8 Å². The van der Waals surface area contributed by atoms with Gasteiger partial charge in [0.1, 0.15) is 0 Å². The number of benzene rings is 1. The SMILES string of the molecule is CCC(C)C(N)C(=O)c1ccc(C(C)C)cc1. The van der Waals surface area contributed by atoms with Crippen molar-refractivity contribution in [1.82, 2.24) is 0 Å². The first-order valence-corrected chi connectivity index (χ1v) is 6.37. The molecule has 2 unspecified atom stereocenters. The molecule has 0 spiro atoms. The van der Waals surface area contributed by atoms with E-state index in [1.165, 1.54) is 5.56 Å². The smallest absolute Gasteiger partial charge is 0.179 e. The van der Waals surface area contributed by atoms with Gasteiger partial charge in [-0.2, -0.15) is 0 Å². The predicted molar refractivity (Wildman–Crippen MR) is 72.3 cm³/mol. The van der Waals surface area contributed by atoms with Crippen LogP contribution in [0.2, 0.25) is 0 Å². The number of carbonyl (C=O) groups excluding carboxylic acids is 1. The van der Waals surface area contributed by atoms with Gasteiger partial charge in [-0.3, -0.25) is 4.79 Å². The van der Waals surface area contributed by atoms with E-state index in [1.807, 2.05) is 31.2 Å². The summed E-state index contributed by atoms with van der Waals surface area (Å²) < 4.78 is 0. The largest absolute Gasteiger partial charge is 0.321 e. The Hall–Kier alpha value is -1.15. The van der Waals surface area contributed by atoms with Crippen molar-refractivity contribution in [3.63, 3.8) is 0 Å². The van der Waals surface area contributed by atoms with Gasteiger partial charge in [-0.15, -0.1) is 0 Å². The average molecular weight is 233 g/mol. The summed E-state index contributed by atoms with van der Waals surface area (Å²) in [5.74, 6) is 0.768. The van der Waals surface area contributed by atoms with E-state index in [0.717, 1.165) is 12.0 Å². The molecule has 2 N–H and O–H groups in total. The third kappa shape index (κ3) is 3.40. The molecule has 0 fully saturated rings. The fourth-order valence-corrected chi connectivity index (χ4v) is 1.74. The number of hydrogen-bond donors (Lipinski definition) is 1. The van der Waals surface area contributed by atoms with E-state index >= 15 is 0 Å². The monoisotopic (exact) mass is 233 g/mol. The van der Waals surface area contributed by atoms with Crippen molar-refractivity contribution in [2.45, 2.75) is 46.1 Å². The Labute approximate surface area is 104 Å². The highest BCUT2D eigenvalue weighted by molar-refractivity contribution is 6.00.